The van der Waals surface area contributed by atoms with Crippen LogP contribution in [-0.2, 0) is 0 Å². The summed E-state index contributed by atoms with van der Waals surface area (Å²) in [5, 5.41) is 14.3. The molecule has 1 aliphatic heterocycles. The van der Waals surface area contributed by atoms with Crippen LogP contribution in [0.2, 0.25) is 0 Å². The number of nitrogens with one attached hydrogen (secondary N) is 2. The second-order valence-electron chi connectivity index (χ2n) is 5.63. The molecule has 0 spiro atoms. The number of pyridine rings is 1. The lowest BCUT2D eigenvalue weighted by Crippen LogP contribution is -2.27. The van der Waals surface area contributed by atoms with E-state index in [-0.39, 0.29) is 5.92 Å². The Balaban J connectivity index is 1.75. The standard InChI is InChI=1S/C18H17N3O/c22-15-4-1-3-12(8-15)13-7-14(10-19-9-13)17-11-21-18-16(17)5-2-6-20-18/h1-8,11,13,19,22H,9-10H2,(H,20,21)/t13-/m1/s1. The molecule has 0 saturated heterocycles. The van der Waals surface area contributed by atoms with Gasteiger partial charge in [-0.25, -0.2) is 4.98 Å². The Kier molecular flexibility index (Phi) is 3.16. The summed E-state index contributed by atoms with van der Waals surface area (Å²) in [5.41, 5.74) is 4.50. The molecule has 4 nitrogen and oxygen atoms in total. The van der Waals surface area contributed by atoms with Gasteiger partial charge in [-0.2, -0.15) is 0 Å². The molecule has 0 bridgehead atoms. The van der Waals surface area contributed by atoms with Crippen LogP contribution in [0.15, 0.2) is 54.9 Å². The van der Waals surface area contributed by atoms with Crippen molar-refractivity contribution in [1.82, 2.24) is 15.3 Å². The summed E-state index contributed by atoms with van der Waals surface area (Å²) in [7, 11) is 0. The first-order valence-electron chi connectivity index (χ1n) is 7.44. The quantitative estimate of drug-likeness (QED) is 0.680. The topological polar surface area (TPSA) is 60.9 Å². The molecule has 1 atom stereocenters. The van der Waals surface area contributed by atoms with Gasteiger partial charge >= 0.3 is 0 Å². The van der Waals surface area contributed by atoms with Crippen molar-refractivity contribution in [2.45, 2.75) is 5.92 Å². The number of rotatable bonds is 2. The molecule has 0 saturated carbocycles. The van der Waals surface area contributed by atoms with Crippen LogP contribution in [0, 0.1) is 0 Å². The molecule has 110 valence electrons. The Morgan fingerprint density at radius 2 is 2.14 bits per heavy atom. The van der Waals surface area contributed by atoms with E-state index in [1.165, 1.54) is 11.1 Å². The number of nitrogens with zero attached hydrogens (tertiary/aromatic N) is 1. The minimum Gasteiger partial charge on any atom is -0.508 e. The molecule has 4 heteroatoms. The van der Waals surface area contributed by atoms with Crippen LogP contribution in [0.5, 0.6) is 5.75 Å². The third-order valence-electron chi connectivity index (χ3n) is 4.18. The van der Waals surface area contributed by atoms with Crippen LogP contribution < -0.4 is 5.32 Å². The Bertz CT molecular complexity index is 850. The Labute approximate surface area is 128 Å². The van der Waals surface area contributed by atoms with Gasteiger partial charge in [-0.3, -0.25) is 0 Å². The Morgan fingerprint density at radius 3 is 3.05 bits per heavy atom. The smallest absolute Gasteiger partial charge is 0.137 e. The third-order valence-corrected chi connectivity index (χ3v) is 4.18. The van der Waals surface area contributed by atoms with Crippen molar-refractivity contribution in [3.05, 3.63) is 66.0 Å². The number of aromatic amines is 1. The number of fused-ring (bicyclic) bond motifs is 1. The van der Waals surface area contributed by atoms with Crippen molar-refractivity contribution in [1.29, 1.82) is 0 Å². The van der Waals surface area contributed by atoms with E-state index in [0.29, 0.717) is 5.75 Å². The van der Waals surface area contributed by atoms with Gasteiger partial charge in [-0.05, 0) is 35.4 Å². The normalized spacial score (nSPS) is 18.4. The lowest BCUT2D eigenvalue weighted by molar-refractivity contribution is 0.474. The van der Waals surface area contributed by atoms with E-state index in [0.717, 1.165) is 29.7 Å². The molecule has 1 aromatic carbocycles. The van der Waals surface area contributed by atoms with Gasteiger partial charge in [-0.15, -0.1) is 0 Å². The number of hydrogen-bond acceptors (Lipinski definition) is 3. The minimum absolute atomic E-state index is 0.262. The predicted molar refractivity (Wildman–Crippen MR) is 87.8 cm³/mol. The van der Waals surface area contributed by atoms with Gasteiger partial charge in [0.05, 0.1) is 0 Å². The van der Waals surface area contributed by atoms with E-state index < -0.39 is 0 Å². The van der Waals surface area contributed by atoms with Gasteiger partial charge in [0.2, 0.25) is 0 Å². The lowest BCUT2D eigenvalue weighted by Gasteiger charge is -2.22. The maximum absolute atomic E-state index is 9.68. The summed E-state index contributed by atoms with van der Waals surface area (Å²) in [6.45, 7) is 1.73. The molecule has 3 N–H and O–H groups in total. The number of hydrogen-bond donors (Lipinski definition) is 3. The first kappa shape index (κ1) is 13.1. The summed E-state index contributed by atoms with van der Waals surface area (Å²) >= 11 is 0. The van der Waals surface area contributed by atoms with E-state index in [1.54, 1.807) is 12.3 Å². The van der Waals surface area contributed by atoms with Gasteiger partial charge in [0.15, 0.2) is 0 Å². The largest absolute Gasteiger partial charge is 0.508 e. The second-order valence-corrected chi connectivity index (χ2v) is 5.63. The molecule has 0 fully saturated rings. The van der Waals surface area contributed by atoms with Crippen molar-refractivity contribution in [3.63, 3.8) is 0 Å². The van der Waals surface area contributed by atoms with Crippen molar-refractivity contribution < 1.29 is 5.11 Å². The van der Waals surface area contributed by atoms with Gasteiger partial charge in [0.25, 0.3) is 0 Å². The van der Waals surface area contributed by atoms with Gasteiger partial charge < -0.3 is 15.4 Å². The number of H-pyrrole nitrogens is 1. The van der Waals surface area contributed by atoms with E-state index in [1.807, 2.05) is 24.4 Å². The molecule has 3 heterocycles. The minimum atomic E-state index is 0.262. The van der Waals surface area contributed by atoms with E-state index in [2.05, 4.69) is 33.5 Å². The molecule has 22 heavy (non-hydrogen) atoms. The first-order valence-corrected chi connectivity index (χ1v) is 7.44. The number of benzene rings is 1. The van der Waals surface area contributed by atoms with Gasteiger partial charge in [0.1, 0.15) is 11.4 Å². The molecule has 1 aliphatic rings. The van der Waals surface area contributed by atoms with Crippen LogP contribution in [-0.4, -0.2) is 28.2 Å². The summed E-state index contributed by atoms with van der Waals surface area (Å²) in [5.74, 6) is 0.576. The van der Waals surface area contributed by atoms with E-state index >= 15 is 0 Å². The highest BCUT2D eigenvalue weighted by atomic mass is 16.3. The Hall–Kier alpha value is -2.59. The van der Waals surface area contributed by atoms with Gasteiger partial charge in [0, 0.05) is 42.4 Å². The maximum atomic E-state index is 9.68. The molecule has 3 aromatic rings. The highest BCUT2D eigenvalue weighted by Gasteiger charge is 2.18. The number of aromatic hydroxyl groups is 1. The second kappa shape index (κ2) is 5.31. The van der Waals surface area contributed by atoms with Crippen molar-refractivity contribution in [2.75, 3.05) is 13.1 Å². The summed E-state index contributed by atoms with van der Waals surface area (Å²) in [4.78, 5) is 7.58. The zero-order chi connectivity index (χ0) is 14.9. The predicted octanol–water partition coefficient (Wildman–Crippen LogP) is 3.04. The number of phenolic OH excluding ortho intramolecular Hbond substituents is 1. The highest BCUT2D eigenvalue weighted by molar-refractivity contribution is 5.91. The molecule has 0 aliphatic carbocycles. The zero-order valence-electron chi connectivity index (χ0n) is 12.1. The summed E-state index contributed by atoms with van der Waals surface area (Å²) in [6.07, 6.45) is 6.11. The van der Waals surface area contributed by atoms with Crippen LogP contribution in [0.4, 0.5) is 0 Å². The SMILES string of the molecule is Oc1cccc([C@@H]2C=C(c3c[nH]c4ncccc34)CNC2)c1. The summed E-state index contributed by atoms with van der Waals surface area (Å²) < 4.78 is 0. The fourth-order valence-electron chi connectivity index (χ4n) is 3.10. The average Bonchev–Trinajstić information content (AvgIpc) is 2.99. The molecule has 0 amide bonds. The van der Waals surface area contributed by atoms with E-state index in [9.17, 15) is 5.11 Å². The van der Waals surface area contributed by atoms with Crippen LogP contribution >= 0.6 is 0 Å². The summed E-state index contributed by atoms with van der Waals surface area (Å²) in [6, 6.07) is 11.5. The van der Waals surface area contributed by atoms with Crippen molar-refractivity contribution in [3.8, 4) is 5.75 Å². The van der Waals surface area contributed by atoms with Crippen LogP contribution in [0.25, 0.3) is 16.6 Å². The van der Waals surface area contributed by atoms with Crippen molar-refractivity contribution >= 4 is 16.6 Å². The van der Waals surface area contributed by atoms with Crippen LogP contribution in [0.3, 0.4) is 0 Å². The average molecular weight is 291 g/mol. The molecule has 0 radical (unpaired) electrons. The van der Waals surface area contributed by atoms with Crippen LogP contribution in [0.1, 0.15) is 17.0 Å². The fourth-order valence-corrected chi connectivity index (χ4v) is 3.10. The maximum Gasteiger partial charge on any atom is 0.137 e. The highest BCUT2D eigenvalue weighted by Crippen LogP contribution is 2.30. The molecular formula is C18H17N3O. The van der Waals surface area contributed by atoms with Gasteiger partial charge in [-0.1, -0.05) is 18.2 Å². The van der Waals surface area contributed by atoms with Crippen molar-refractivity contribution in [2.24, 2.45) is 0 Å². The van der Waals surface area contributed by atoms with E-state index in [4.69, 9.17) is 0 Å². The molecule has 4 rings (SSSR count). The fraction of sp³-hybridized carbons (Fsp3) is 0.167. The molecule has 0 unspecified atom stereocenters. The first-order chi connectivity index (χ1) is 10.8. The zero-order valence-corrected chi connectivity index (χ0v) is 12.1. The Morgan fingerprint density at radius 1 is 1.18 bits per heavy atom. The third kappa shape index (κ3) is 2.27. The number of aromatic nitrogens is 2. The monoisotopic (exact) mass is 291 g/mol. The molecular weight excluding hydrogens is 274 g/mol. The number of phenols is 1. The lowest BCUT2D eigenvalue weighted by atomic mass is 9.91. The molecule has 2 aromatic heterocycles.